The van der Waals surface area contributed by atoms with E-state index in [4.69, 9.17) is 19.5 Å². The van der Waals surface area contributed by atoms with Crippen molar-refractivity contribution in [3.63, 3.8) is 0 Å². The first-order chi connectivity index (χ1) is 18.2. The number of ether oxygens (including phenoxy) is 1. The molecule has 0 heterocycles. The molecular formula is C28H37N2O6PS. The van der Waals surface area contributed by atoms with Crippen molar-refractivity contribution in [2.75, 3.05) is 26.0 Å². The maximum absolute atomic E-state index is 13.6. The van der Waals surface area contributed by atoms with Crippen LogP contribution < -0.4 is 10.5 Å². The predicted octanol–water partition coefficient (Wildman–Crippen LogP) is 5.65. The van der Waals surface area contributed by atoms with E-state index in [1.54, 1.807) is 12.1 Å². The van der Waals surface area contributed by atoms with Crippen molar-refractivity contribution >= 4 is 17.6 Å². The first-order valence-electron chi connectivity index (χ1n) is 12.6. The molecule has 0 unspecified atom stereocenters. The van der Waals surface area contributed by atoms with Crippen molar-refractivity contribution < 1.29 is 26.8 Å². The van der Waals surface area contributed by atoms with Gasteiger partial charge in [-0.15, -0.1) is 0 Å². The highest BCUT2D eigenvalue weighted by Gasteiger charge is 2.28. The smallest absolute Gasteiger partial charge is 0.368 e. The van der Waals surface area contributed by atoms with Crippen LogP contribution in [0.3, 0.4) is 0 Å². The molecule has 0 bridgehead atoms. The number of nitrogens with two attached hydrogens (primary N) is 1. The van der Waals surface area contributed by atoms with Crippen molar-refractivity contribution in [2.24, 2.45) is 11.7 Å². The molecule has 0 aliphatic heterocycles. The molecule has 0 fully saturated rings. The van der Waals surface area contributed by atoms with Crippen LogP contribution >= 0.6 is 7.60 Å². The van der Waals surface area contributed by atoms with Gasteiger partial charge in [0.15, 0.2) is 6.35 Å². The standard InChI is InChI=1S/C28H37N2O6PS/c1-24(2)20-30(19-9-18-29)38(32,33)28-16-14-27(15-17-28)34-23-37(31,35-21-25-10-5-3-6-11-25)36-22-26-12-7-4-8-13-26/h3-8,10-17,24H,9,18-23,29H2,1-2H3. The van der Waals surface area contributed by atoms with Crippen molar-refractivity contribution in [1.29, 1.82) is 0 Å². The number of rotatable bonds is 16. The molecule has 0 atom stereocenters. The normalized spacial score (nSPS) is 12.2. The number of nitrogens with zero attached hydrogens (tertiary/aromatic N) is 1. The van der Waals surface area contributed by atoms with Gasteiger partial charge < -0.3 is 19.5 Å². The van der Waals surface area contributed by atoms with Gasteiger partial charge in [-0.25, -0.2) is 8.42 Å². The van der Waals surface area contributed by atoms with Gasteiger partial charge in [0.05, 0.1) is 18.1 Å². The highest BCUT2D eigenvalue weighted by Crippen LogP contribution is 2.49. The van der Waals surface area contributed by atoms with E-state index in [-0.39, 0.29) is 30.4 Å². The van der Waals surface area contributed by atoms with Crippen LogP contribution in [-0.4, -0.2) is 38.7 Å². The maximum Gasteiger partial charge on any atom is 0.368 e. The number of benzene rings is 3. The molecule has 3 aromatic rings. The summed E-state index contributed by atoms with van der Waals surface area (Å²) in [6.45, 7) is 5.32. The zero-order valence-corrected chi connectivity index (χ0v) is 23.7. The average molecular weight is 561 g/mol. The van der Waals surface area contributed by atoms with E-state index < -0.39 is 17.6 Å². The molecule has 0 spiro atoms. The third kappa shape index (κ3) is 9.34. The highest BCUT2D eigenvalue weighted by molar-refractivity contribution is 7.89. The summed E-state index contributed by atoms with van der Waals surface area (Å²) in [5.74, 6) is 0.527. The Bertz CT molecular complexity index is 1210. The van der Waals surface area contributed by atoms with Gasteiger partial charge in [-0.05, 0) is 54.3 Å². The Morgan fingerprint density at radius 1 is 0.842 bits per heavy atom. The number of sulfonamides is 1. The second kappa shape index (κ2) is 14.6. The molecule has 38 heavy (non-hydrogen) atoms. The van der Waals surface area contributed by atoms with Gasteiger partial charge in [0.2, 0.25) is 10.0 Å². The Morgan fingerprint density at radius 3 is 1.84 bits per heavy atom. The summed E-state index contributed by atoms with van der Waals surface area (Å²) in [5, 5.41) is 0. The van der Waals surface area contributed by atoms with Crippen molar-refractivity contribution in [1.82, 2.24) is 4.31 Å². The van der Waals surface area contributed by atoms with Crippen LogP contribution in [-0.2, 0) is 36.8 Å². The van der Waals surface area contributed by atoms with Gasteiger partial charge in [-0.3, -0.25) is 4.57 Å². The van der Waals surface area contributed by atoms with Crippen LogP contribution in [0.1, 0.15) is 31.4 Å². The summed E-state index contributed by atoms with van der Waals surface area (Å²) in [6, 6.07) is 24.8. The summed E-state index contributed by atoms with van der Waals surface area (Å²) in [4.78, 5) is 0.159. The largest absolute Gasteiger partial charge is 0.481 e. The molecule has 0 aromatic heterocycles. The summed E-state index contributed by atoms with van der Waals surface area (Å²) in [7, 11) is -7.35. The van der Waals surface area contributed by atoms with E-state index in [0.717, 1.165) is 11.1 Å². The summed E-state index contributed by atoms with van der Waals surface area (Å²) < 4.78 is 58.7. The van der Waals surface area contributed by atoms with Crippen molar-refractivity contribution in [2.45, 2.75) is 38.4 Å². The van der Waals surface area contributed by atoms with E-state index in [1.165, 1.54) is 16.4 Å². The maximum atomic E-state index is 13.6. The molecule has 0 aliphatic carbocycles. The second-order valence-electron chi connectivity index (χ2n) is 9.27. The molecule has 0 amide bonds. The Labute approximate surface area is 226 Å². The van der Waals surface area contributed by atoms with Crippen LogP contribution in [0.4, 0.5) is 0 Å². The van der Waals surface area contributed by atoms with Crippen LogP contribution in [0.15, 0.2) is 89.8 Å². The van der Waals surface area contributed by atoms with Crippen LogP contribution in [0.2, 0.25) is 0 Å². The van der Waals surface area contributed by atoms with Crippen molar-refractivity contribution in [3.05, 3.63) is 96.1 Å². The Balaban J connectivity index is 1.69. The molecule has 0 aliphatic rings. The van der Waals surface area contributed by atoms with Gasteiger partial charge in [0.1, 0.15) is 5.75 Å². The fourth-order valence-corrected chi connectivity index (χ4v) is 6.47. The first kappa shape index (κ1) is 30.0. The van der Waals surface area contributed by atoms with Gasteiger partial charge in [0, 0.05) is 13.1 Å². The average Bonchev–Trinajstić information content (AvgIpc) is 2.93. The SMILES string of the molecule is CC(C)CN(CCCN)S(=O)(=O)c1ccc(OCP(=O)(OCc2ccccc2)OCc2ccccc2)cc1. The van der Waals surface area contributed by atoms with Gasteiger partial charge in [0.25, 0.3) is 0 Å². The zero-order valence-electron chi connectivity index (χ0n) is 21.9. The quantitative estimate of drug-likeness (QED) is 0.226. The van der Waals surface area contributed by atoms with Crippen LogP contribution in [0, 0.1) is 5.92 Å². The Morgan fingerprint density at radius 2 is 1.37 bits per heavy atom. The monoisotopic (exact) mass is 560 g/mol. The molecule has 0 saturated heterocycles. The van der Waals surface area contributed by atoms with E-state index in [9.17, 15) is 13.0 Å². The molecular weight excluding hydrogens is 523 g/mol. The van der Waals surface area contributed by atoms with Crippen LogP contribution in [0.25, 0.3) is 0 Å². The predicted molar refractivity (Wildman–Crippen MR) is 149 cm³/mol. The molecule has 206 valence electrons. The van der Waals surface area contributed by atoms with E-state index in [0.29, 0.717) is 31.8 Å². The minimum Gasteiger partial charge on any atom is -0.481 e. The minimum absolute atomic E-state index is 0.0991. The summed E-state index contributed by atoms with van der Waals surface area (Å²) >= 11 is 0. The van der Waals surface area contributed by atoms with Gasteiger partial charge in [-0.2, -0.15) is 4.31 Å². The number of hydrogen-bond donors (Lipinski definition) is 1. The third-order valence-electron chi connectivity index (χ3n) is 5.57. The lowest BCUT2D eigenvalue weighted by Gasteiger charge is -2.24. The molecule has 10 heteroatoms. The summed E-state index contributed by atoms with van der Waals surface area (Å²) in [5.41, 5.74) is 7.31. The lowest BCUT2D eigenvalue weighted by atomic mass is 10.2. The fourth-order valence-electron chi connectivity index (χ4n) is 3.60. The minimum atomic E-state index is -3.69. The second-order valence-corrected chi connectivity index (χ2v) is 13.2. The lowest BCUT2D eigenvalue weighted by Crippen LogP contribution is -2.35. The van der Waals surface area contributed by atoms with Gasteiger partial charge in [-0.1, -0.05) is 74.5 Å². The third-order valence-corrected chi connectivity index (χ3v) is 8.94. The number of hydrogen-bond acceptors (Lipinski definition) is 7. The fraction of sp³-hybridized carbons (Fsp3) is 0.357. The van der Waals surface area contributed by atoms with Crippen molar-refractivity contribution in [3.8, 4) is 5.75 Å². The summed E-state index contributed by atoms with van der Waals surface area (Å²) in [6.07, 6.45) is 0.253. The van der Waals surface area contributed by atoms with E-state index in [2.05, 4.69) is 0 Å². The topological polar surface area (TPSA) is 108 Å². The highest BCUT2D eigenvalue weighted by atomic mass is 32.2. The Kier molecular flexibility index (Phi) is 11.5. The van der Waals surface area contributed by atoms with E-state index in [1.807, 2.05) is 74.5 Å². The lowest BCUT2D eigenvalue weighted by molar-refractivity contribution is 0.172. The molecule has 3 aromatic carbocycles. The molecule has 3 rings (SSSR count). The van der Waals surface area contributed by atoms with E-state index >= 15 is 0 Å². The van der Waals surface area contributed by atoms with Gasteiger partial charge >= 0.3 is 7.60 Å². The zero-order chi connectivity index (χ0) is 27.4. The Hall–Kier alpha value is -2.52. The molecule has 8 nitrogen and oxygen atoms in total. The van der Waals surface area contributed by atoms with Crippen LogP contribution in [0.5, 0.6) is 5.75 Å². The molecule has 0 radical (unpaired) electrons. The first-order valence-corrected chi connectivity index (χ1v) is 15.8. The molecule has 0 saturated carbocycles. The molecule has 2 N–H and O–H groups in total.